The molecule has 1 saturated heterocycles. The monoisotopic (exact) mass is 273 g/mol. The van der Waals surface area contributed by atoms with E-state index in [4.69, 9.17) is 23.2 Å². The molecule has 1 aliphatic heterocycles. The topological polar surface area (TPSA) is 32.3 Å². The van der Waals surface area contributed by atoms with Gasteiger partial charge in [0.1, 0.15) is 0 Å². The molecule has 0 bridgehead atoms. The Hall–Kier alpha value is -0.280. The molecule has 0 saturated carbocycles. The number of piperidine rings is 1. The lowest BCUT2D eigenvalue weighted by Gasteiger charge is -2.32. The molecule has 2 nitrogen and oxygen atoms in total. The summed E-state index contributed by atoms with van der Waals surface area (Å²) in [5, 5.41) is 14.9. The number of hydrogen-bond donors (Lipinski definition) is 2. The van der Waals surface area contributed by atoms with Crippen molar-refractivity contribution in [3.8, 4) is 0 Å². The summed E-state index contributed by atoms with van der Waals surface area (Å²) < 4.78 is 0. The number of nitrogens with one attached hydrogen (secondary N) is 1. The molecule has 2 N–H and O–H groups in total. The smallest absolute Gasteiger partial charge is 0.0957 e. The van der Waals surface area contributed by atoms with Crippen molar-refractivity contribution in [2.45, 2.75) is 31.9 Å². The minimum atomic E-state index is -0.594. The number of aliphatic hydroxyl groups excluding tert-OH is 1. The van der Waals surface area contributed by atoms with Crippen molar-refractivity contribution in [3.63, 3.8) is 0 Å². The van der Waals surface area contributed by atoms with Gasteiger partial charge in [0.15, 0.2) is 0 Å². The van der Waals surface area contributed by atoms with Gasteiger partial charge in [0.05, 0.1) is 6.10 Å². The Morgan fingerprint density at radius 1 is 1.41 bits per heavy atom. The van der Waals surface area contributed by atoms with Crippen molar-refractivity contribution in [1.29, 1.82) is 0 Å². The second kappa shape index (κ2) is 5.57. The molecule has 4 heteroatoms. The van der Waals surface area contributed by atoms with E-state index in [0.29, 0.717) is 21.5 Å². The number of halogens is 2. The first kappa shape index (κ1) is 13.2. The fourth-order valence-electron chi connectivity index (χ4n) is 2.35. The molecular weight excluding hydrogens is 257 g/mol. The molecule has 1 aliphatic rings. The van der Waals surface area contributed by atoms with Crippen molar-refractivity contribution in [1.82, 2.24) is 5.32 Å². The summed E-state index contributed by atoms with van der Waals surface area (Å²) in [6.45, 7) is 3.15. The largest absolute Gasteiger partial charge is 0.387 e. The highest BCUT2D eigenvalue weighted by atomic mass is 35.5. The standard InChI is InChI=1S/C13H17Cl2NO/c1-8-4-5-16-12(6-8)13(17)10-7-9(14)2-3-11(10)15/h2-3,7-8,12-13,16-17H,4-6H2,1H3. The molecule has 0 aliphatic carbocycles. The summed E-state index contributed by atoms with van der Waals surface area (Å²) in [7, 11) is 0. The van der Waals surface area contributed by atoms with Gasteiger partial charge in [-0.1, -0.05) is 30.1 Å². The first-order valence-corrected chi connectivity index (χ1v) is 6.70. The normalized spacial score (nSPS) is 26.8. The van der Waals surface area contributed by atoms with Crippen molar-refractivity contribution in [2.75, 3.05) is 6.54 Å². The third-order valence-electron chi connectivity index (χ3n) is 3.36. The SMILES string of the molecule is CC1CCNC(C(O)c2cc(Cl)ccc2Cl)C1. The van der Waals surface area contributed by atoms with Gasteiger partial charge in [-0.05, 0) is 43.5 Å². The maximum atomic E-state index is 10.4. The van der Waals surface area contributed by atoms with Crippen molar-refractivity contribution in [3.05, 3.63) is 33.8 Å². The Bertz CT molecular complexity index is 397. The van der Waals surface area contributed by atoms with Crippen LogP contribution in [0, 0.1) is 5.92 Å². The number of hydrogen-bond acceptors (Lipinski definition) is 2. The molecule has 0 amide bonds. The number of rotatable bonds is 2. The van der Waals surface area contributed by atoms with E-state index in [2.05, 4.69) is 12.2 Å². The molecule has 1 fully saturated rings. The van der Waals surface area contributed by atoms with Crippen LogP contribution in [0.1, 0.15) is 31.4 Å². The minimum Gasteiger partial charge on any atom is -0.387 e. The average Bonchev–Trinajstić information content (AvgIpc) is 2.31. The van der Waals surface area contributed by atoms with Crippen LogP contribution >= 0.6 is 23.2 Å². The second-order valence-corrected chi connectivity index (χ2v) is 5.64. The fraction of sp³-hybridized carbons (Fsp3) is 0.538. The Morgan fingerprint density at radius 2 is 2.18 bits per heavy atom. The Morgan fingerprint density at radius 3 is 2.88 bits per heavy atom. The first-order valence-electron chi connectivity index (χ1n) is 5.94. The summed E-state index contributed by atoms with van der Waals surface area (Å²) in [5.74, 6) is 0.633. The summed E-state index contributed by atoms with van der Waals surface area (Å²) in [4.78, 5) is 0. The molecule has 0 spiro atoms. The molecule has 2 rings (SSSR count). The van der Waals surface area contributed by atoms with E-state index >= 15 is 0 Å². The first-order chi connectivity index (χ1) is 8.08. The summed E-state index contributed by atoms with van der Waals surface area (Å²) in [6.07, 6.45) is 1.53. The molecular formula is C13H17Cl2NO. The number of benzene rings is 1. The highest BCUT2D eigenvalue weighted by Crippen LogP contribution is 2.31. The quantitative estimate of drug-likeness (QED) is 0.866. The lowest BCUT2D eigenvalue weighted by molar-refractivity contribution is 0.101. The zero-order chi connectivity index (χ0) is 12.4. The van der Waals surface area contributed by atoms with Crippen LogP contribution < -0.4 is 5.32 Å². The highest BCUT2D eigenvalue weighted by molar-refractivity contribution is 6.33. The lowest BCUT2D eigenvalue weighted by atomic mass is 9.89. The van der Waals surface area contributed by atoms with Crippen LogP contribution in [0.5, 0.6) is 0 Å². The van der Waals surface area contributed by atoms with Crippen LogP contribution in [0.4, 0.5) is 0 Å². The molecule has 3 atom stereocenters. The van der Waals surface area contributed by atoms with Crippen LogP contribution in [-0.2, 0) is 0 Å². The van der Waals surface area contributed by atoms with Crippen LogP contribution in [0.15, 0.2) is 18.2 Å². The van der Waals surface area contributed by atoms with Crippen LogP contribution in [0.2, 0.25) is 10.0 Å². The van der Waals surface area contributed by atoms with E-state index in [0.717, 1.165) is 19.4 Å². The van der Waals surface area contributed by atoms with Crippen LogP contribution in [0.3, 0.4) is 0 Å². The Labute approximate surface area is 112 Å². The van der Waals surface area contributed by atoms with Gasteiger partial charge in [-0.15, -0.1) is 0 Å². The maximum Gasteiger partial charge on any atom is 0.0957 e. The molecule has 0 aromatic heterocycles. The summed E-state index contributed by atoms with van der Waals surface area (Å²) >= 11 is 12.0. The fourth-order valence-corrected chi connectivity index (χ4v) is 2.76. The van der Waals surface area contributed by atoms with Crippen LogP contribution in [0.25, 0.3) is 0 Å². The van der Waals surface area contributed by atoms with E-state index in [-0.39, 0.29) is 6.04 Å². The highest BCUT2D eigenvalue weighted by Gasteiger charge is 2.27. The predicted octanol–water partition coefficient (Wildman–Crippen LogP) is 3.41. The van der Waals surface area contributed by atoms with Gasteiger partial charge < -0.3 is 10.4 Å². The van der Waals surface area contributed by atoms with Crippen molar-refractivity contribution < 1.29 is 5.11 Å². The molecule has 0 radical (unpaired) electrons. The van der Waals surface area contributed by atoms with E-state index in [1.54, 1.807) is 18.2 Å². The summed E-state index contributed by atoms with van der Waals surface area (Å²) in [5.41, 5.74) is 0.714. The molecule has 3 unspecified atom stereocenters. The maximum absolute atomic E-state index is 10.4. The Kier molecular flexibility index (Phi) is 4.31. The Balaban J connectivity index is 2.18. The molecule has 1 aromatic rings. The lowest BCUT2D eigenvalue weighted by Crippen LogP contribution is -2.41. The minimum absolute atomic E-state index is 0.0646. The van der Waals surface area contributed by atoms with Gasteiger partial charge in [0.25, 0.3) is 0 Å². The average molecular weight is 274 g/mol. The zero-order valence-electron chi connectivity index (χ0n) is 9.79. The van der Waals surface area contributed by atoms with Gasteiger partial charge in [-0.25, -0.2) is 0 Å². The van der Waals surface area contributed by atoms with E-state index in [1.165, 1.54) is 0 Å². The third kappa shape index (κ3) is 3.14. The van der Waals surface area contributed by atoms with Crippen molar-refractivity contribution in [2.24, 2.45) is 5.92 Å². The van der Waals surface area contributed by atoms with Crippen molar-refractivity contribution >= 4 is 23.2 Å². The zero-order valence-corrected chi connectivity index (χ0v) is 11.3. The van der Waals surface area contributed by atoms with Gasteiger partial charge in [0.2, 0.25) is 0 Å². The molecule has 1 heterocycles. The van der Waals surface area contributed by atoms with E-state index < -0.39 is 6.10 Å². The van der Waals surface area contributed by atoms with Gasteiger partial charge in [-0.2, -0.15) is 0 Å². The third-order valence-corrected chi connectivity index (χ3v) is 3.94. The summed E-state index contributed by atoms with van der Waals surface area (Å²) in [6, 6.07) is 5.27. The molecule has 1 aromatic carbocycles. The van der Waals surface area contributed by atoms with Gasteiger partial charge >= 0.3 is 0 Å². The molecule has 94 valence electrons. The number of aliphatic hydroxyl groups is 1. The second-order valence-electron chi connectivity index (χ2n) is 4.80. The van der Waals surface area contributed by atoms with E-state index in [9.17, 15) is 5.11 Å². The van der Waals surface area contributed by atoms with Gasteiger partial charge in [0, 0.05) is 21.7 Å². The predicted molar refractivity (Wildman–Crippen MR) is 71.6 cm³/mol. The van der Waals surface area contributed by atoms with Crippen LogP contribution in [-0.4, -0.2) is 17.7 Å². The van der Waals surface area contributed by atoms with E-state index in [1.807, 2.05) is 0 Å². The molecule has 17 heavy (non-hydrogen) atoms. The van der Waals surface area contributed by atoms with Gasteiger partial charge in [-0.3, -0.25) is 0 Å².